The van der Waals surface area contributed by atoms with Crippen molar-refractivity contribution in [3.05, 3.63) is 0 Å². The normalized spacial score (nSPS) is 52.1. The van der Waals surface area contributed by atoms with Gasteiger partial charge in [0.2, 0.25) is 0 Å². The second kappa shape index (κ2) is 5.33. The molecule has 0 amide bonds. The first kappa shape index (κ1) is 17.5. The molecule has 0 aromatic heterocycles. The Balaban J connectivity index is 1.72. The number of carbonyl (C=O) groups excluding carboxylic acids is 2. The van der Waals surface area contributed by atoms with Crippen LogP contribution in [0.15, 0.2) is 0 Å². The van der Waals surface area contributed by atoms with E-state index in [1.807, 2.05) is 0 Å². The molecule has 0 unspecified atom stereocenters. The van der Waals surface area contributed by atoms with Gasteiger partial charge in [-0.3, -0.25) is 9.59 Å². The summed E-state index contributed by atoms with van der Waals surface area (Å²) in [6.45, 7) is 6.86. The van der Waals surface area contributed by atoms with E-state index in [2.05, 4.69) is 20.8 Å². The number of hydrogen-bond donors (Lipinski definition) is 0. The zero-order valence-corrected chi connectivity index (χ0v) is 16.5. The maximum absolute atomic E-state index is 12.7. The van der Waals surface area contributed by atoms with E-state index >= 15 is 0 Å². The number of esters is 1. The highest BCUT2D eigenvalue weighted by Gasteiger charge is 2.66. The Labute approximate surface area is 152 Å². The highest BCUT2D eigenvalue weighted by molar-refractivity contribution is 5.85. The van der Waals surface area contributed by atoms with E-state index in [1.54, 1.807) is 7.11 Å². The Hall–Kier alpha value is -0.860. The van der Waals surface area contributed by atoms with Crippen LogP contribution in [0.5, 0.6) is 0 Å². The van der Waals surface area contributed by atoms with Gasteiger partial charge in [0.15, 0.2) is 0 Å². The van der Waals surface area contributed by atoms with E-state index in [0.29, 0.717) is 23.0 Å². The summed E-state index contributed by atoms with van der Waals surface area (Å²) >= 11 is 0. The SMILES string of the molecule is COC(=O)[C@]1(C)CCC[C@@]2(C)[C@@H]3CC[C@@]4(C)C[C@@]3(CCC4=O)CC[C@@H]21. The van der Waals surface area contributed by atoms with Gasteiger partial charge in [0.05, 0.1) is 12.5 Å². The molecule has 0 aromatic carbocycles. The summed E-state index contributed by atoms with van der Waals surface area (Å²) in [5.41, 5.74) is 0.175. The highest BCUT2D eigenvalue weighted by Crippen LogP contribution is 2.71. The van der Waals surface area contributed by atoms with Crippen molar-refractivity contribution in [3.8, 4) is 0 Å². The molecule has 4 fully saturated rings. The largest absolute Gasteiger partial charge is 0.469 e. The van der Waals surface area contributed by atoms with Crippen molar-refractivity contribution in [2.45, 2.75) is 85.0 Å². The van der Waals surface area contributed by atoms with Crippen LogP contribution < -0.4 is 0 Å². The van der Waals surface area contributed by atoms with Crippen LogP contribution in [-0.4, -0.2) is 18.9 Å². The van der Waals surface area contributed by atoms with Crippen LogP contribution in [0.4, 0.5) is 0 Å². The minimum absolute atomic E-state index is 0.00107. The van der Waals surface area contributed by atoms with Crippen LogP contribution in [-0.2, 0) is 14.3 Å². The van der Waals surface area contributed by atoms with Crippen LogP contribution in [0.2, 0.25) is 0 Å². The molecule has 140 valence electrons. The Bertz CT molecular complexity index is 612. The molecule has 0 aromatic rings. The zero-order valence-electron chi connectivity index (χ0n) is 16.5. The fraction of sp³-hybridized carbons (Fsp3) is 0.909. The molecule has 1 spiro atoms. The lowest BCUT2D eigenvalue weighted by Gasteiger charge is -2.67. The smallest absolute Gasteiger partial charge is 0.311 e. The van der Waals surface area contributed by atoms with E-state index in [4.69, 9.17) is 4.74 Å². The van der Waals surface area contributed by atoms with Crippen LogP contribution in [0, 0.1) is 33.5 Å². The number of ether oxygens (including phenoxy) is 1. The third-order valence-corrected chi connectivity index (χ3v) is 9.34. The fourth-order valence-corrected chi connectivity index (χ4v) is 8.23. The molecule has 4 aliphatic carbocycles. The predicted molar refractivity (Wildman–Crippen MR) is 96.9 cm³/mol. The van der Waals surface area contributed by atoms with Crippen molar-refractivity contribution in [2.24, 2.45) is 33.5 Å². The molecule has 25 heavy (non-hydrogen) atoms. The van der Waals surface area contributed by atoms with Crippen LogP contribution in [0.3, 0.4) is 0 Å². The number of carbonyl (C=O) groups is 2. The van der Waals surface area contributed by atoms with Gasteiger partial charge in [0.25, 0.3) is 0 Å². The van der Waals surface area contributed by atoms with Crippen molar-refractivity contribution in [1.82, 2.24) is 0 Å². The summed E-state index contributed by atoms with van der Waals surface area (Å²) in [4.78, 5) is 25.2. The number of Topliss-reactive ketones (excluding diaryl/α,β-unsaturated/α-hetero) is 1. The first-order valence-corrected chi connectivity index (χ1v) is 10.3. The van der Waals surface area contributed by atoms with Crippen molar-refractivity contribution in [2.75, 3.05) is 7.11 Å². The second-order valence-corrected chi connectivity index (χ2v) is 10.5. The summed E-state index contributed by atoms with van der Waals surface area (Å²) in [5.74, 6) is 1.61. The number of hydrogen-bond acceptors (Lipinski definition) is 3. The molecule has 4 rings (SSSR count). The van der Waals surface area contributed by atoms with Gasteiger partial charge >= 0.3 is 5.97 Å². The average molecular weight is 347 g/mol. The van der Waals surface area contributed by atoms with Gasteiger partial charge in [0, 0.05) is 11.8 Å². The van der Waals surface area contributed by atoms with E-state index in [0.717, 1.165) is 44.9 Å². The van der Waals surface area contributed by atoms with Gasteiger partial charge in [-0.15, -0.1) is 0 Å². The molecule has 3 heteroatoms. The Kier molecular flexibility index (Phi) is 3.74. The molecule has 0 radical (unpaired) electrons. The maximum Gasteiger partial charge on any atom is 0.311 e. The standard InChI is InChI=1S/C22H34O3/c1-19-11-6-16-20(2)9-5-10-21(3,18(24)25-4)15(20)7-12-22(16,14-19)13-8-17(19)23/h15-16H,5-14H2,1-4H3/t15-,16-,19-,20+,21+,22-/m0/s1. The number of ketones is 1. The van der Waals surface area contributed by atoms with Crippen LogP contribution in [0.25, 0.3) is 0 Å². The summed E-state index contributed by atoms with van der Waals surface area (Å²) in [5, 5.41) is 0. The van der Waals surface area contributed by atoms with E-state index in [1.165, 1.54) is 19.3 Å². The quantitative estimate of drug-likeness (QED) is 0.633. The van der Waals surface area contributed by atoms with Crippen LogP contribution in [0.1, 0.15) is 85.0 Å². The summed E-state index contributed by atoms with van der Waals surface area (Å²) in [6, 6.07) is 0. The van der Waals surface area contributed by atoms with E-state index < -0.39 is 0 Å². The Morgan fingerprint density at radius 2 is 1.72 bits per heavy atom. The topological polar surface area (TPSA) is 43.4 Å². The fourth-order valence-electron chi connectivity index (χ4n) is 8.23. The van der Waals surface area contributed by atoms with Gasteiger partial charge in [-0.1, -0.05) is 20.3 Å². The van der Waals surface area contributed by atoms with Crippen molar-refractivity contribution in [1.29, 1.82) is 0 Å². The highest BCUT2D eigenvalue weighted by atomic mass is 16.5. The average Bonchev–Trinajstić information content (AvgIpc) is 2.57. The molecule has 0 saturated heterocycles. The lowest BCUT2D eigenvalue weighted by Crippen LogP contribution is -2.62. The lowest BCUT2D eigenvalue weighted by molar-refractivity contribution is -0.200. The van der Waals surface area contributed by atoms with Gasteiger partial charge in [-0.25, -0.2) is 0 Å². The third-order valence-electron chi connectivity index (χ3n) is 9.34. The molecule has 0 aliphatic heterocycles. The molecular formula is C22H34O3. The lowest BCUT2D eigenvalue weighted by atomic mass is 9.37. The minimum atomic E-state index is -0.325. The predicted octanol–water partition coefficient (Wildman–Crippen LogP) is 4.92. The molecule has 4 aliphatic rings. The molecule has 0 N–H and O–H groups in total. The monoisotopic (exact) mass is 346 g/mol. The van der Waals surface area contributed by atoms with E-state index in [9.17, 15) is 9.59 Å². The first-order chi connectivity index (χ1) is 11.7. The molecule has 4 saturated carbocycles. The number of fused-ring (bicyclic) bond motifs is 3. The molecule has 0 heterocycles. The van der Waals surface area contributed by atoms with Gasteiger partial charge < -0.3 is 4.74 Å². The second-order valence-electron chi connectivity index (χ2n) is 10.5. The van der Waals surface area contributed by atoms with E-state index in [-0.39, 0.29) is 22.2 Å². The Morgan fingerprint density at radius 1 is 1.00 bits per heavy atom. The summed E-state index contributed by atoms with van der Waals surface area (Å²) < 4.78 is 5.25. The summed E-state index contributed by atoms with van der Waals surface area (Å²) in [6.07, 6.45) is 10.9. The third kappa shape index (κ3) is 2.16. The summed E-state index contributed by atoms with van der Waals surface area (Å²) in [7, 11) is 1.54. The van der Waals surface area contributed by atoms with Gasteiger partial charge in [-0.2, -0.15) is 0 Å². The van der Waals surface area contributed by atoms with Crippen molar-refractivity contribution >= 4 is 11.8 Å². The molecular weight excluding hydrogens is 312 g/mol. The molecule has 2 bridgehead atoms. The van der Waals surface area contributed by atoms with Gasteiger partial charge in [0.1, 0.15) is 5.78 Å². The zero-order chi connectivity index (χ0) is 18.1. The maximum atomic E-state index is 12.7. The van der Waals surface area contributed by atoms with Crippen molar-refractivity contribution in [3.63, 3.8) is 0 Å². The minimum Gasteiger partial charge on any atom is -0.469 e. The number of methoxy groups -OCH3 is 1. The van der Waals surface area contributed by atoms with Gasteiger partial charge in [-0.05, 0) is 81.0 Å². The van der Waals surface area contributed by atoms with Crippen molar-refractivity contribution < 1.29 is 14.3 Å². The Morgan fingerprint density at radius 3 is 2.44 bits per heavy atom. The number of rotatable bonds is 1. The first-order valence-electron chi connectivity index (χ1n) is 10.3. The molecule has 3 nitrogen and oxygen atoms in total. The molecule has 6 atom stereocenters. The van der Waals surface area contributed by atoms with Crippen LogP contribution >= 0.6 is 0 Å².